The molecule has 2 aliphatic heterocycles. The van der Waals surface area contributed by atoms with E-state index in [0.717, 1.165) is 18.1 Å². The Kier molecular flexibility index (Phi) is 6.70. The maximum atomic E-state index is 12.8. The van der Waals surface area contributed by atoms with Crippen LogP contribution in [0.3, 0.4) is 0 Å². The summed E-state index contributed by atoms with van der Waals surface area (Å²) in [5.74, 6) is 1.46. The Balaban J connectivity index is 1.31. The third-order valence-corrected chi connectivity index (χ3v) is 8.92. The Bertz CT molecular complexity index is 973. The Hall–Kier alpha value is -1.67. The first-order valence-corrected chi connectivity index (χ1v) is 12.8. The molecule has 8 heteroatoms. The number of para-hydroxylation sites is 1. The minimum atomic E-state index is -0.360. The minimum Gasteiger partial charge on any atom is -0.343 e. The van der Waals surface area contributed by atoms with Crippen LogP contribution in [0.25, 0.3) is 10.9 Å². The van der Waals surface area contributed by atoms with Gasteiger partial charge in [0.2, 0.25) is 5.91 Å². The highest BCUT2D eigenvalue weighted by Gasteiger charge is 2.26. The first-order valence-electron chi connectivity index (χ1n) is 10.4. The standard InChI is InChI=1S/C21H27N3O3S2/c25-19(8-4-1-5-16-11-14-28-29-16)23-12-9-15(10-13-23)24-20(26)17-6-2-3-7-18(17)22-21(24)27/h2-3,6-7,15-16H,1,4-5,8-14H2,(H,22,27)/t16-/m0/s1. The molecule has 1 N–H and O–H groups in total. The smallest absolute Gasteiger partial charge is 0.329 e. The zero-order chi connectivity index (χ0) is 20.2. The van der Waals surface area contributed by atoms with Crippen molar-refractivity contribution in [2.24, 2.45) is 0 Å². The number of H-pyrrole nitrogens is 1. The molecule has 6 nitrogen and oxygen atoms in total. The zero-order valence-corrected chi connectivity index (χ0v) is 18.1. The van der Waals surface area contributed by atoms with E-state index in [1.165, 1.54) is 23.2 Å². The van der Waals surface area contributed by atoms with Crippen molar-refractivity contribution in [3.63, 3.8) is 0 Å². The van der Waals surface area contributed by atoms with Gasteiger partial charge in [0.15, 0.2) is 0 Å². The number of carbonyl (C=O) groups is 1. The van der Waals surface area contributed by atoms with Gasteiger partial charge in [0, 0.05) is 36.6 Å². The van der Waals surface area contributed by atoms with Crippen molar-refractivity contribution < 1.29 is 4.79 Å². The predicted octanol–water partition coefficient (Wildman–Crippen LogP) is 3.57. The minimum absolute atomic E-state index is 0.156. The van der Waals surface area contributed by atoms with E-state index >= 15 is 0 Å². The molecule has 0 spiro atoms. The maximum absolute atomic E-state index is 12.8. The van der Waals surface area contributed by atoms with Gasteiger partial charge < -0.3 is 9.88 Å². The van der Waals surface area contributed by atoms with Crippen LogP contribution in [0.2, 0.25) is 0 Å². The van der Waals surface area contributed by atoms with Crippen LogP contribution in [0.15, 0.2) is 33.9 Å². The van der Waals surface area contributed by atoms with Gasteiger partial charge in [-0.05, 0) is 44.2 Å². The van der Waals surface area contributed by atoms with Crippen molar-refractivity contribution in [3.05, 3.63) is 45.1 Å². The number of benzene rings is 1. The number of unbranched alkanes of at least 4 members (excludes halogenated alkanes) is 1. The molecule has 156 valence electrons. The van der Waals surface area contributed by atoms with Gasteiger partial charge in [-0.25, -0.2) is 4.79 Å². The SMILES string of the molecule is O=C(CCCC[C@H]1CCSS1)N1CCC(n2c(=O)[nH]c3ccccc3c2=O)CC1. The van der Waals surface area contributed by atoms with Crippen LogP contribution in [0.5, 0.6) is 0 Å². The number of piperidine rings is 1. The molecule has 1 amide bonds. The fraction of sp³-hybridized carbons (Fsp3) is 0.571. The van der Waals surface area contributed by atoms with Crippen LogP contribution in [0.4, 0.5) is 0 Å². The first kappa shape index (κ1) is 20.6. The normalized spacial score (nSPS) is 20.4. The Morgan fingerprint density at radius 1 is 1.10 bits per heavy atom. The Morgan fingerprint density at radius 3 is 2.66 bits per heavy atom. The van der Waals surface area contributed by atoms with Crippen molar-refractivity contribution in [2.45, 2.75) is 56.2 Å². The third-order valence-electron chi connectivity index (χ3n) is 5.91. The molecular formula is C21H27N3O3S2. The Labute approximate surface area is 177 Å². The molecule has 0 aliphatic carbocycles. The van der Waals surface area contributed by atoms with Gasteiger partial charge in [-0.15, -0.1) is 0 Å². The molecule has 2 aliphatic rings. The van der Waals surface area contributed by atoms with E-state index in [-0.39, 0.29) is 23.2 Å². The van der Waals surface area contributed by atoms with Crippen LogP contribution in [-0.2, 0) is 4.79 Å². The molecule has 3 heterocycles. The lowest BCUT2D eigenvalue weighted by atomic mass is 10.0. The van der Waals surface area contributed by atoms with Crippen LogP contribution in [0, 0.1) is 0 Å². The number of likely N-dealkylation sites (tertiary alicyclic amines) is 1. The second kappa shape index (κ2) is 9.43. The average Bonchev–Trinajstić information content (AvgIpc) is 3.25. The second-order valence-electron chi connectivity index (χ2n) is 7.84. The third kappa shape index (κ3) is 4.74. The van der Waals surface area contributed by atoms with Gasteiger partial charge >= 0.3 is 5.69 Å². The number of aromatic nitrogens is 2. The van der Waals surface area contributed by atoms with E-state index in [9.17, 15) is 14.4 Å². The van der Waals surface area contributed by atoms with Crippen LogP contribution >= 0.6 is 21.6 Å². The van der Waals surface area contributed by atoms with Gasteiger partial charge in [0.05, 0.1) is 10.9 Å². The molecule has 0 radical (unpaired) electrons. The summed E-state index contributed by atoms with van der Waals surface area (Å²) in [6.45, 7) is 1.22. The van der Waals surface area contributed by atoms with Crippen molar-refractivity contribution in [1.29, 1.82) is 0 Å². The molecule has 0 saturated carbocycles. The number of carbonyl (C=O) groups excluding carboxylic acids is 1. The molecule has 29 heavy (non-hydrogen) atoms. The molecular weight excluding hydrogens is 406 g/mol. The fourth-order valence-corrected chi connectivity index (χ4v) is 7.28. The lowest BCUT2D eigenvalue weighted by Gasteiger charge is -2.32. The van der Waals surface area contributed by atoms with Crippen molar-refractivity contribution in [3.8, 4) is 0 Å². The monoisotopic (exact) mass is 433 g/mol. The zero-order valence-electron chi connectivity index (χ0n) is 16.5. The van der Waals surface area contributed by atoms with Gasteiger partial charge in [-0.2, -0.15) is 0 Å². The van der Waals surface area contributed by atoms with Crippen LogP contribution in [0.1, 0.15) is 51.0 Å². The van der Waals surface area contributed by atoms with Crippen molar-refractivity contribution in [1.82, 2.24) is 14.5 Å². The summed E-state index contributed by atoms with van der Waals surface area (Å²) in [4.78, 5) is 42.5. The van der Waals surface area contributed by atoms with E-state index in [2.05, 4.69) is 4.98 Å². The molecule has 1 aromatic carbocycles. The van der Waals surface area contributed by atoms with E-state index in [4.69, 9.17) is 0 Å². The van der Waals surface area contributed by atoms with E-state index in [1.54, 1.807) is 24.3 Å². The van der Waals surface area contributed by atoms with Gasteiger partial charge in [0.1, 0.15) is 0 Å². The number of hydrogen-bond acceptors (Lipinski definition) is 5. The fourth-order valence-electron chi connectivity index (χ4n) is 4.25. The summed E-state index contributed by atoms with van der Waals surface area (Å²) < 4.78 is 1.35. The lowest BCUT2D eigenvalue weighted by molar-refractivity contribution is -0.132. The summed E-state index contributed by atoms with van der Waals surface area (Å²) in [7, 11) is 3.96. The maximum Gasteiger partial charge on any atom is 0.329 e. The number of amides is 1. The van der Waals surface area contributed by atoms with Gasteiger partial charge in [-0.1, -0.05) is 40.1 Å². The van der Waals surface area contributed by atoms with Crippen molar-refractivity contribution >= 4 is 38.4 Å². The van der Waals surface area contributed by atoms with E-state index < -0.39 is 0 Å². The van der Waals surface area contributed by atoms with E-state index in [0.29, 0.717) is 43.3 Å². The van der Waals surface area contributed by atoms with Crippen LogP contribution in [-0.4, -0.2) is 44.5 Å². The molecule has 1 aromatic heterocycles. The number of rotatable bonds is 6. The summed E-state index contributed by atoms with van der Waals surface area (Å²) >= 11 is 0. The summed E-state index contributed by atoms with van der Waals surface area (Å²) in [5, 5.41) is 1.30. The summed E-state index contributed by atoms with van der Waals surface area (Å²) in [6, 6.07) is 6.94. The second-order valence-corrected chi connectivity index (χ2v) is 10.6. The number of fused-ring (bicyclic) bond motifs is 1. The number of nitrogens with zero attached hydrogens (tertiary/aromatic N) is 2. The quantitative estimate of drug-likeness (QED) is 0.557. The predicted molar refractivity (Wildman–Crippen MR) is 121 cm³/mol. The highest BCUT2D eigenvalue weighted by Crippen LogP contribution is 2.39. The van der Waals surface area contributed by atoms with E-state index in [1.807, 2.05) is 26.5 Å². The van der Waals surface area contributed by atoms with Gasteiger partial charge in [-0.3, -0.25) is 14.2 Å². The average molecular weight is 434 g/mol. The molecule has 0 bridgehead atoms. The first-order chi connectivity index (χ1) is 14.1. The molecule has 2 aromatic rings. The number of aromatic amines is 1. The largest absolute Gasteiger partial charge is 0.343 e. The summed E-state index contributed by atoms with van der Waals surface area (Å²) in [6.07, 6.45) is 6.45. The van der Waals surface area contributed by atoms with Crippen LogP contribution < -0.4 is 11.2 Å². The molecule has 4 rings (SSSR count). The number of hydrogen-bond donors (Lipinski definition) is 1. The molecule has 2 fully saturated rings. The highest BCUT2D eigenvalue weighted by molar-refractivity contribution is 8.77. The molecule has 2 saturated heterocycles. The highest BCUT2D eigenvalue weighted by atomic mass is 33.1. The number of nitrogens with one attached hydrogen (secondary N) is 1. The summed E-state index contributed by atoms with van der Waals surface area (Å²) in [5.41, 5.74) is -0.0283. The van der Waals surface area contributed by atoms with Crippen molar-refractivity contribution in [2.75, 3.05) is 18.8 Å². The van der Waals surface area contributed by atoms with Gasteiger partial charge in [0.25, 0.3) is 5.56 Å². The Morgan fingerprint density at radius 2 is 1.90 bits per heavy atom. The lowest BCUT2D eigenvalue weighted by Crippen LogP contribution is -2.45. The molecule has 1 atom stereocenters. The topological polar surface area (TPSA) is 75.2 Å². The molecule has 0 unspecified atom stereocenters.